The van der Waals surface area contributed by atoms with Crippen LogP contribution in [0, 0.1) is 0 Å². The van der Waals surface area contributed by atoms with Gasteiger partial charge < -0.3 is 14.8 Å². The Morgan fingerprint density at radius 1 is 0.931 bits per heavy atom. The van der Waals surface area contributed by atoms with Crippen LogP contribution in [0.4, 0.5) is 0 Å². The minimum atomic E-state index is -0.194. The zero-order valence-corrected chi connectivity index (χ0v) is 16.8. The Morgan fingerprint density at radius 3 is 2.28 bits per heavy atom. The lowest BCUT2D eigenvalue weighted by atomic mass is 10.0. The zero-order chi connectivity index (χ0) is 20.2. The van der Waals surface area contributed by atoms with Crippen LogP contribution in [0.15, 0.2) is 66.7 Å². The molecule has 1 amide bonds. The Morgan fingerprint density at radius 2 is 1.59 bits per heavy atom. The first-order valence-electron chi connectivity index (χ1n) is 10.0. The van der Waals surface area contributed by atoms with E-state index in [1.54, 1.807) is 0 Å². The Labute approximate surface area is 171 Å². The molecule has 1 unspecified atom stereocenters. The van der Waals surface area contributed by atoms with Gasteiger partial charge in [-0.05, 0) is 48.2 Å². The molecular formula is C25H25NO3. The molecule has 3 aromatic carbocycles. The summed E-state index contributed by atoms with van der Waals surface area (Å²) in [6.45, 7) is 5.17. The molecule has 0 aromatic heterocycles. The fourth-order valence-electron chi connectivity index (χ4n) is 3.54. The van der Waals surface area contributed by atoms with Gasteiger partial charge in [-0.3, -0.25) is 4.79 Å². The zero-order valence-electron chi connectivity index (χ0n) is 16.8. The minimum absolute atomic E-state index is 0.111. The first kappa shape index (κ1) is 19.1. The standard InChI is InChI=1S/C25H25NO3/c1-3-18-7-9-19(10-8-18)20-11-13-21(14-12-20)25(27)26-17(2)22-5-4-6-23-24(22)29-16-15-28-23/h4-14,17H,3,15-16H2,1-2H3,(H,26,27). The number of carbonyl (C=O) groups is 1. The molecule has 4 rings (SSSR count). The van der Waals surface area contributed by atoms with E-state index in [1.165, 1.54) is 5.56 Å². The normalized spacial score (nSPS) is 13.6. The number of hydrogen-bond donors (Lipinski definition) is 1. The van der Waals surface area contributed by atoms with E-state index in [2.05, 4.69) is 36.5 Å². The van der Waals surface area contributed by atoms with Crippen molar-refractivity contribution in [2.45, 2.75) is 26.3 Å². The third-order valence-electron chi connectivity index (χ3n) is 5.25. The van der Waals surface area contributed by atoms with E-state index in [4.69, 9.17) is 9.47 Å². The van der Waals surface area contributed by atoms with Crippen molar-refractivity contribution in [2.75, 3.05) is 13.2 Å². The van der Waals surface area contributed by atoms with Gasteiger partial charge in [-0.2, -0.15) is 0 Å². The summed E-state index contributed by atoms with van der Waals surface area (Å²) < 4.78 is 11.4. The Hall–Kier alpha value is -3.27. The molecule has 1 atom stereocenters. The number of nitrogens with one attached hydrogen (secondary N) is 1. The molecule has 148 valence electrons. The van der Waals surface area contributed by atoms with Crippen LogP contribution in [0.25, 0.3) is 11.1 Å². The van der Waals surface area contributed by atoms with Crippen molar-refractivity contribution < 1.29 is 14.3 Å². The quantitative estimate of drug-likeness (QED) is 0.656. The van der Waals surface area contributed by atoms with E-state index in [0.29, 0.717) is 18.8 Å². The highest BCUT2D eigenvalue weighted by Gasteiger charge is 2.21. The highest BCUT2D eigenvalue weighted by molar-refractivity contribution is 5.95. The lowest BCUT2D eigenvalue weighted by Crippen LogP contribution is -2.27. The van der Waals surface area contributed by atoms with Gasteiger partial charge in [0.15, 0.2) is 11.5 Å². The maximum Gasteiger partial charge on any atom is 0.251 e. The number of fused-ring (bicyclic) bond motifs is 1. The third-order valence-corrected chi connectivity index (χ3v) is 5.25. The predicted octanol–water partition coefficient (Wildman–Crippen LogP) is 5.18. The van der Waals surface area contributed by atoms with Crippen molar-refractivity contribution in [1.82, 2.24) is 5.32 Å². The van der Waals surface area contributed by atoms with Crippen LogP contribution in [-0.2, 0) is 6.42 Å². The molecule has 0 saturated carbocycles. The van der Waals surface area contributed by atoms with Gasteiger partial charge >= 0.3 is 0 Å². The highest BCUT2D eigenvalue weighted by Crippen LogP contribution is 2.36. The van der Waals surface area contributed by atoms with Gasteiger partial charge in [-0.25, -0.2) is 0 Å². The first-order valence-corrected chi connectivity index (χ1v) is 10.0. The van der Waals surface area contributed by atoms with Crippen molar-refractivity contribution in [3.8, 4) is 22.6 Å². The monoisotopic (exact) mass is 387 g/mol. The number of amides is 1. The number of para-hydroxylation sites is 1. The van der Waals surface area contributed by atoms with Gasteiger partial charge in [0, 0.05) is 11.1 Å². The second-order valence-corrected chi connectivity index (χ2v) is 7.19. The summed E-state index contributed by atoms with van der Waals surface area (Å²) in [7, 11) is 0. The lowest BCUT2D eigenvalue weighted by Gasteiger charge is -2.24. The number of carbonyl (C=O) groups excluding carboxylic acids is 1. The highest BCUT2D eigenvalue weighted by atomic mass is 16.6. The molecule has 1 heterocycles. The summed E-state index contributed by atoms with van der Waals surface area (Å²) in [6.07, 6.45) is 1.03. The summed E-state index contributed by atoms with van der Waals surface area (Å²) in [5, 5.41) is 3.06. The van der Waals surface area contributed by atoms with Gasteiger partial charge in [-0.1, -0.05) is 55.5 Å². The summed E-state index contributed by atoms with van der Waals surface area (Å²) >= 11 is 0. The van der Waals surface area contributed by atoms with E-state index in [1.807, 2.05) is 49.4 Å². The maximum atomic E-state index is 12.7. The second kappa shape index (κ2) is 8.39. The molecule has 0 fully saturated rings. The lowest BCUT2D eigenvalue weighted by molar-refractivity contribution is 0.0938. The Kier molecular flexibility index (Phi) is 5.52. The molecule has 1 N–H and O–H groups in total. The molecule has 1 aliphatic rings. The van der Waals surface area contributed by atoms with Crippen LogP contribution in [0.3, 0.4) is 0 Å². The topological polar surface area (TPSA) is 47.6 Å². The number of benzene rings is 3. The van der Waals surface area contributed by atoms with Crippen LogP contribution in [-0.4, -0.2) is 19.1 Å². The van der Waals surface area contributed by atoms with E-state index in [9.17, 15) is 4.79 Å². The largest absolute Gasteiger partial charge is 0.486 e. The maximum absolute atomic E-state index is 12.7. The third kappa shape index (κ3) is 4.11. The average Bonchev–Trinajstić information content (AvgIpc) is 2.78. The van der Waals surface area contributed by atoms with Gasteiger partial charge in [0.25, 0.3) is 5.91 Å². The fourth-order valence-corrected chi connectivity index (χ4v) is 3.54. The molecule has 0 radical (unpaired) electrons. The van der Waals surface area contributed by atoms with Crippen molar-refractivity contribution in [2.24, 2.45) is 0 Å². The van der Waals surface area contributed by atoms with E-state index in [0.717, 1.165) is 34.6 Å². The van der Waals surface area contributed by atoms with Crippen LogP contribution < -0.4 is 14.8 Å². The number of hydrogen-bond acceptors (Lipinski definition) is 3. The number of rotatable bonds is 5. The minimum Gasteiger partial charge on any atom is -0.486 e. The van der Waals surface area contributed by atoms with E-state index < -0.39 is 0 Å². The van der Waals surface area contributed by atoms with Crippen LogP contribution >= 0.6 is 0 Å². The van der Waals surface area contributed by atoms with Crippen molar-refractivity contribution >= 4 is 5.91 Å². The van der Waals surface area contributed by atoms with Gasteiger partial charge in [0.1, 0.15) is 13.2 Å². The summed E-state index contributed by atoms with van der Waals surface area (Å²) in [5.74, 6) is 1.34. The van der Waals surface area contributed by atoms with Crippen LogP contribution in [0.5, 0.6) is 11.5 Å². The van der Waals surface area contributed by atoms with Crippen molar-refractivity contribution in [3.63, 3.8) is 0 Å². The smallest absolute Gasteiger partial charge is 0.251 e. The van der Waals surface area contributed by atoms with Gasteiger partial charge in [-0.15, -0.1) is 0 Å². The number of aryl methyl sites for hydroxylation is 1. The summed E-state index contributed by atoms with van der Waals surface area (Å²) in [6, 6.07) is 21.8. The molecule has 0 saturated heterocycles. The molecule has 0 bridgehead atoms. The van der Waals surface area contributed by atoms with E-state index in [-0.39, 0.29) is 11.9 Å². The molecule has 0 aliphatic carbocycles. The van der Waals surface area contributed by atoms with Gasteiger partial charge in [0.2, 0.25) is 0 Å². The van der Waals surface area contributed by atoms with Gasteiger partial charge in [0.05, 0.1) is 6.04 Å². The molecular weight excluding hydrogens is 362 g/mol. The predicted molar refractivity (Wildman–Crippen MR) is 115 cm³/mol. The van der Waals surface area contributed by atoms with E-state index >= 15 is 0 Å². The SMILES string of the molecule is CCc1ccc(-c2ccc(C(=O)NC(C)c3cccc4c3OCCO4)cc2)cc1. The fraction of sp³-hybridized carbons (Fsp3) is 0.240. The Balaban J connectivity index is 1.47. The molecule has 4 heteroatoms. The Bertz CT molecular complexity index is 994. The second-order valence-electron chi connectivity index (χ2n) is 7.19. The summed E-state index contributed by atoms with van der Waals surface area (Å²) in [5.41, 5.74) is 5.11. The molecule has 1 aliphatic heterocycles. The summed E-state index contributed by atoms with van der Waals surface area (Å²) in [4.78, 5) is 12.7. The van der Waals surface area contributed by atoms with Crippen LogP contribution in [0.2, 0.25) is 0 Å². The number of ether oxygens (including phenoxy) is 2. The van der Waals surface area contributed by atoms with Crippen molar-refractivity contribution in [1.29, 1.82) is 0 Å². The molecule has 3 aromatic rings. The first-order chi connectivity index (χ1) is 14.2. The van der Waals surface area contributed by atoms with Crippen molar-refractivity contribution in [3.05, 3.63) is 83.4 Å². The van der Waals surface area contributed by atoms with Crippen LogP contribution in [0.1, 0.15) is 41.4 Å². The molecule has 0 spiro atoms. The molecule has 4 nitrogen and oxygen atoms in total. The molecule has 29 heavy (non-hydrogen) atoms. The average molecular weight is 387 g/mol.